The predicted octanol–water partition coefficient (Wildman–Crippen LogP) is 3.41. The Morgan fingerprint density at radius 3 is 2.80 bits per heavy atom. The molecular weight excluding hydrogens is 224 g/mol. The molecule has 2 nitrogen and oxygen atoms in total. The fraction of sp³-hybridized carbons (Fsp3) is 0.636. The molecule has 1 aliphatic carbocycles. The first-order valence-corrected chi connectivity index (χ1v) is 6.74. The number of aromatic nitrogens is 1. The summed E-state index contributed by atoms with van der Waals surface area (Å²) in [6, 6.07) is 0. The Balaban J connectivity index is 2.10. The van der Waals surface area contributed by atoms with E-state index in [0.717, 1.165) is 10.00 Å². The molecule has 1 aromatic rings. The third-order valence-corrected chi connectivity index (χ3v) is 4.94. The van der Waals surface area contributed by atoms with E-state index in [4.69, 9.17) is 12.2 Å². The van der Waals surface area contributed by atoms with Crippen LogP contribution in [0.3, 0.4) is 0 Å². The number of anilines is 1. The molecule has 3 rings (SSSR count). The topological polar surface area (TPSA) is 24.9 Å². The fourth-order valence-electron chi connectivity index (χ4n) is 2.79. The summed E-state index contributed by atoms with van der Waals surface area (Å²) in [5.74, 6) is 0. The number of aryl methyl sites for hydroxylation is 1. The van der Waals surface area contributed by atoms with Crippen LogP contribution in [0.2, 0.25) is 0 Å². The average molecular weight is 238 g/mol. The van der Waals surface area contributed by atoms with Crippen molar-refractivity contribution in [1.29, 1.82) is 0 Å². The van der Waals surface area contributed by atoms with Crippen molar-refractivity contribution in [1.82, 2.24) is 4.98 Å². The highest BCUT2D eigenvalue weighted by Crippen LogP contribution is 2.49. The molecule has 1 spiro atoms. The van der Waals surface area contributed by atoms with Gasteiger partial charge >= 0.3 is 0 Å². The molecule has 4 heteroatoms. The first-order chi connectivity index (χ1) is 7.22. The number of nitrogens with zero attached hydrogens (tertiary/aromatic N) is 1. The normalized spacial score (nSPS) is 22.9. The fourth-order valence-corrected chi connectivity index (χ4v) is 4.18. The lowest BCUT2D eigenvalue weighted by molar-refractivity contribution is 0.383. The lowest BCUT2D eigenvalue weighted by atomic mass is 9.73. The molecule has 0 bridgehead atoms. The van der Waals surface area contributed by atoms with Gasteiger partial charge in [-0.2, -0.15) is 0 Å². The zero-order valence-corrected chi connectivity index (χ0v) is 10.4. The van der Waals surface area contributed by atoms with Crippen LogP contribution in [0.25, 0.3) is 0 Å². The SMILES string of the molecule is Cc1nc2c(s1)NC(=S)C21CCCCC1. The molecule has 1 fully saturated rings. The van der Waals surface area contributed by atoms with Crippen LogP contribution < -0.4 is 5.32 Å². The summed E-state index contributed by atoms with van der Waals surface area (Å²) in [5.41, 5.74) is 1.35. The molecular formula is C11H14N2S2. The Bertz CT molecular complexity index is 416. The standard InChI is InChI=1S/C11H14N2S2/c1-7-12-8-9(15-7)13-10(14)11(8)5-3-2-4-6-11/h2-6H2,1H3,(H,13,14). The zero-order chi connectivity index (χ0) is 10.5. The van der Waals surface area contributed by atoms with E-state index in [1.165, 1.54) is 42.8 Å². The second-order valence-corrected chi connectivity index (χ2v) is 6.12. The molecule has 0 aromatic carbocycles. The predicted molar refractivity (Wildman–Crippen MR) is 67.8 cm³/mol. The van der Waals surface area contributed by atoms with E-state index in [-0.39, 0.29) is 5.41 Å². The van der Waals surface area contributed by atoms with Gasteiger partial charge in [0.25, 0.3) is 0 Å². The van der Waals surface area contributed by atoms with Gasteiger partial charge in [-0.3, -0.25) is 0 Å². The Hall–Kier alpha value is -0.480. The van der Waals surface area contributed by atoms with Crippen LogP contribution in [0.4, 0.5) is 5.00 Å². The van der Waals surface area contributed by atoms with Crippen LogP contribution in [-0.4, -0.2) is 9.97 Å². The van der Waals surface area contributed by atoms with Crippen LogP contribution in [0, 0.1) is 6.92 Å². The van der Waals surface area contributed by atoms with Crippen molar-refractivity contribution in [3.05, 3.63) is 10.7 Å². The highest BCUT2D eigenvalue weighted by Gasteiger charge is 2.46. The Morgan fingerprint density at radius 1 is 1.33 bits per heavy atom. The largest absolute Gasteiger partial charge is 0.339 e. The maximum atomic E-state index is 5.51. The van der Waals surface area contributed by atoms with Gasteiger partial charge in [-0.25, -0.2) is 4.98 Å². The van der Waals surface area contributed by atoms with E-state index in [0.29, 0.717) is 0 Å². The summed E-state index contributed by atoms with van der Waals surface area (Å²) in [5, 5.41) is 5.73. The Labute approximate surface area is 99.1 Å². The number of nitrogens with one attached hydrogen (secondary N) is 1. The van der Waals surface area contributed by atoms with Gasteiger partial charge in [-0.1, -0.05) is 31.5 Å². The van der Waals surface area contributed by atoms with E-state index in [2.05, 4.69) is 17.2 Å². The van der Waals surface area contributed by atoms with Gasteiger partial charge in [0.1, 0.15) is 5.00 Å². The van der Waals surface area contributed by atoms with Crippen LogP contribution in [-0.2, 0) is 5.41 Å². The molecule has 1 N–H and O–H groups in total. The maximum absolute atomic E-state index is 5.51. The third kappa shape index (κ3) is 1.27. The monoisotopic (exact) mass is 238 g/mol. The summed E-state index contributed by atoms with van der Waals surface area (Å²) in [6.45, 7) is 2.07. The molecule has 1 saturated carbocycles. The summed E-state index contributed by atoms with van der Waals surface area (Å²) >= 11 is 7.25. The maximum Gasteiger partial charge on any atom is 0.118 e. The number of fused-ring (bicyclic) bond motifs is 2. The molecule has 80 valence electrons. The smallest absolute Gasteiger partial charge is 0.118 e. The summed E-state index contributed by atoms with van der Waals surface area (Å²) in [7, 11) is 0. The molecule has 0 atom stereocenters. The minimum Gasteiger partial charge on any atom is -0.339 e. The minimum atomic E-state index is 0.105. The first kappa shape index (κ1) is 9.73. The lowest BCUT2D eigenvalue weighted by Gasteiger charge is -2.31. The molecule has 0 unspecified atom stereocenters. The van der Waals surface area contributed by atoms with Crippen molar-refractivity contribution < 1.29 is 0 Å². The van der Waals surface area contributed by atoms with Crippen molar-refractivity contribution in [2.45, 2.75) is 44.4 Å². The van der Waals surface area contributed by atoms with Crippen LogP contribution in [0.15, 0.2) is 0 Å². The quantitative estimate of drug-likeness (QED) is 0.701. The number of rotatable bonds is 0. The highest BCUT2D eigenvalue weighted by molar-refractivity contribution is 7.80. The Morgan fingerprint density at radius 2 is 2.07 bits per heavy atom. The molecule has 15 heavy (non-hydrogen) atoms. The van der Waals surface area contributed by atoms with E-state index in [1.807, 2.05) is 0 Å². The minimum absolute atomic E-state index is 0.105. The van der Waals surface area contributed by atoms with Crippen molar-refractivity contribution in [3.63, 3.8) is 0 Å². The van der Waals surface area contributed by atoms with Gasteiger partial charge in [-0.15, -0.1) is 11.3 Å². The van der Waals surface area contributed by atoms with Gasteiger partial charge in [-0.05, 0) is 19.8 Å². The van der Waals surface area contributed by atoms with Gasteiger partial charge in [0.05, 0.1) is 21.1 Å². The van der Waals surface area contributed by atoms with Crippen molar-refractivity contribution in [3.8, 4) is 0 Å². The molecule has 1 aromatic heterocycles. The third-order valence-electron chi connectivity index (χ3n) is 3.56. The van der Waals surface area contributed by atoms with Crippen molar-refractivity contribution >= 4 is 33.5 Å². The van der Waals surface area contributed by atoms with Gasteiger partial charge < -0.3 is 5.32 Å². The molecule has 0 amide bonds. The second kappa shape index (κ2) is 3.25. The second-order valence-electron chi connectivity index (χ2n) is 4.51. The summed E-state index contributed by atoms with van der Waals surface area (Å²) < 4.78 is 0. The van der Waals surface area contributed by atoms with Gasteiger partial charge in [0.15, 0.2) is 0 Å². The zero-order valence-electron chi connectivity index (χ0n) is 8.80. The van der Waals surface area contributed by atoms with E-state index < -0.39 is 0 Å². The highest BCUT2D eigenvalue weighted by atomic mass is 32.1. The first-order valence-electron chi connectivity index (χ1n) is 5.52. The van der Waals surface area contributed by atoms with Crippen molar-refractivity contribution in [2.75, 3.05) is 5.32 Å². The average Bonchev–Trinajstić information content (AvgIpc) is 2.69. The van der Waals surface area contributed by atoms with Gasteiger partial charge in [0, 0.05) is 0 Å². The summed E-state index contributed by atoms with van der Waals surface area (Å²) in [6.07, 6.45) is 6.31. The van der Waals surface area contributed by atoms with Crippen molar-refractivity contribution in [2.24, 2.45) is 0 Å². The summed E-state index contributed by atoms with van der Waals surface area (Å²) in [4.78, 5) is 5.71. The van der Waals surface area contributed by atoms with E-state index >= 15 is 0 Å². The van der Waals surface area contributed by atoms with Gasteiger partial charge in [0.2, 0.25) is 0 Å². The number of hydrogen-bond acceptors (Lipinski definition) is 3. The van der Waals surface area contributed by atoms with E-state index in [9.17, 15) is 0 Å². The molecule has 0 radical (unpaired) electrons. The van der Waals surface area contributed by atoms with Crippen LogP contribution >= 0.6 is 23.6 Å². The molecule has 2 heterocycles. The number of thiazole rings is 1. The van der Waals surface area contributed by atoms with Crippen LogP contribution in [0.1, 0.15) is 42.8 Å². The molecule has 1 aliphatic heterocycles. The number of hydrogen-bond donors (Lipinski definition) is 1. The lowest BCUT2D eigenvalue weighted by Crippen LogP contribution is -2.35. The number of thiocarbonyl (C=S) groups is 1. The van der Waals surface area contributed by atoms with E-state index in [1.54, 1.807) is 11.3 Å². The molecule has 0 saturated heterocycles. The molecule has 2 aliphatic rings. The van der Waals surface area contributed by atoms with Crippen LogP contribution in [0.5, 0.6) is 0 Å². The Kier molecular flexibility index (Phi) is 2.11.